The number of halogens is 3. The molecule has 27 heavy (non-hydrogen) atoms. The van der Waals surface area contributed by atoms with Crippen LogP contribution < -0.4 is 0 Å². The molecule has 1 aliphatic rings. The molecule has 3 rings (SSSR count). The summed E-state index contributed by atoms with van der Waals surface area (Å²) in [5.41, 5.74) is -1.50. The summed E-state index contributed by atoms with van der Waals surface area (Å²) in [5.74, 6) is -1.14. The lowest BCUT2D eigenvalue weighted by Crippen LogP contribution is -2.43. The molecule has 0 bridgehead atoms. The van der Waals surface area contributed by atoms with Crippen LogP contribution in [0.4, 0.5) is 13.2 Å². The number of likely N-dealkylation sites (tertiary alicyclic amines) is 1. The van der Waals surface area contributed by atoms with E-state index in [2.05, 4.69) is 5.10 Å². The lowest BCUT2D eigenvalue weighted by atomic mass is 9.93. The predicted molar refractivity (Wildman–Crippen MR) is 90.5 cm³/mol. The monoisotopic (exact) mass is 383 g/mol. The van der Waals surface area contributed by atoms with Gasteiger partial charge < -0.3 is 15.1 Å². The van der Waals surface area contributed by atoms with E-state index in [0.29, 0.717) is 19.5 Å². The van der Waals surface area contributed by atoms with Gasteiger partial charge in [0.2, 0.25) is 0 Å². The Kier molecular flexibility index (Phi) is 5.14. The number of para-hydroxylation sites is 1. The molecule has 1 amide bonds. The first-order valence-electron chi connectivity index (χ1n) is 8.61. The van der Waals surface area contributed by atoms with Crippen molar-refractivity contribution in [3.05, 3.63) is 41.7 Å². The molecule has 2 N–H and O–H groups in total. The number of aliphatic hydroxyl groups is 1. The molecule has 9 heteroatoms. The number of amides is 1. The molecule has 1 fully saturated rings. The largest absolute Gasteiger partial charge is 0.504 e. The molecule has 1 aromatic heterocycles. The number of hydrogen-bond donors (Lipinski definition) is 2. The lowest BCUT2D eigenvalue weighted by molar-refractivity contribution is -0.137. The van der Waals surface area contributed by atoms with Gasteiger partial charge in [-0.25, -0.2) is 4.68 Å². The SMILES string of the molecule is C[C@H](O)[C@@H]1CCCN(C(=O)c2nn(-c3ccccc3C(F)(F)F)cc2O)C1. The number of aromatic hydroxyl groups is 1. The molecule has 0 aliphatic carbocycles. The van der Waals surface area contributed by atoms with Crippen molar-refractivity contribution in [3.63, 3.8) is 0 Å². The molecular weight excluding hydrogens is 363 g/mol. The molecule has 1 aliphatic heterocycles. The standard InChI is InChI=1S/C18H20F3N3O3/c1-11(25)12-5-4-8-23(9-12)17(27)16-15(26)10-24(22-16)14-7-3-2-6-13(14)18(19,20)21/h2-3,6-7,10-12,25-26H,4-5,8-9H2,1H3/t11-,12+/m0/s1. The van der Waals surface area contributed by atoms with Gasteiger partial charge in [0.1, 0.15) is 0 Å². The maximum Gasteiger partial charge on any atom is 0.418 e. The lowest BCUT2D eigenvalue weighted by Gasteiger charge is -2.33. The van der Waals surface area contributed by atoms with Crippen LogP contribution in [0.3, 0.4) is 0 Å². The van der Waals surface area contributed by atoms with Crippen LogP contribution >= 0.6 is 0 Å². The number of piperidine rings is 1. The Hall–Kier alpha value is -2.55. The van der Waals surface area contributed by atoms with Gasteiger partial charge in [0.15, 0.2) is 11.4 Å². The summed E-state index contributed by atoms with van der Waals surface area (Å²) in [5, 5.41) is 23.8. The molecule has 1 saturated heterocycles. The summed E-state index contributed by atoms with van der Waals surface area (Å²) in [6.07, 6.45) is -2.71. The highest BCUT2D eigenvalue weighted by atomic mass is 19.4. The Morgan fingerprint density at radius 2 is 2.04 bits per heavy atom. The minimum Gasteiger partial charge on any atom is -0.504 e. The fourth-order valence-electron chi connectivity index (χ4n) is 3.29. The third kappa shape index (κ3) is 3.92. The van der Waals surface area contributed by atoms with E-state index in [0.717, 1.165) is 23.4 Å². The summed E-state index contributed by atoms with van der Waals surface area (Å²) in [6, 6.07) is 4.80. The van der Waals surface area contributed by atoms with Crippen LogP contribution in [-0.4, -0.2) is 50.0 Å². The van der Waals surface area contributed by atoms with Crippen molar-refractivity contribution < 1.29 is 28.2 Å². The minimum atomic E-state index is -4.60. The molecule has 2 aromatic rings. The van der Waals surface area contributed by atoms with E-state index in [-0.39, 0.29) is 17.3 Å². The maximum absolute atomic E-state index is 13.2. The summed E-state index contributed by atoms with van der Waals surface area (Å²) >= 11 is 0. The van der Waals surface area contributed by atoms with Gasteiger partial charge in [0, 0.05) is 19.0 Å². The van der Waals surface area contributed by atoms with Crippen LogP contribution in [0.5, 0.6) is 5.75 Å². The third-order valence-electron chi connectivity index (χ3n) is 4.78. The highest BCUT2D eigenvalue weighted by Gasteiger charge is 2.35. The van der Waals surface area contributed by atoms with E-state index in [4.69, 9.17) is 0 Å². The molecule has 0 radical (unpaired) electrons. The van der Waals surface area contributed by atoms with Gasteiger partial charge in [-0.1, -0.05) is 12.1 Å². The number of carbonyl (C=O) groups is 1. The van der Waals surface area contributed by atoms with Crippen molar-refractivity contribution in [2.45, 2.75) is 32.0 Å². The third-order valence-corrected chi connectivity index (χ3v) is 4.78. The van der Waals surface area contributed by atoms with Crippen molar-refractivity contribution >= 4 is 5.91 Å². The zero-order chi connectivity index (χ0) is 19.8. The second-order valence-electron chi connectivity index (χ2n) is 6.72. The summed E-state index contributed by atoms with van der Waals surface area (Å²) in [4.78, 5) is 14.2. The Morgan fingerprint density at radius 3 is 2.70 bits per heavy atom. The van der Waals surface area contributed by atoms with Crippen molar-refractivity contribution in [2.75, 3.05) is 13.1 Å². The topological polar surface area (TPSA) is 78.6 Å². The fraction of sp³-hybridized carbons (Fsp3) is 0.444. The summed E-state index contributed by atoms with van der Waals surface area (Å²) in [7, 11) is 0. The number of aromatic nitrogens is 2. The Bertz CT molecular complexity index is 833. The van der Waals surface area contributed by atoms with Crippen LogP contribution in [0.2, 0.25) is 0 Å². The van der Waals surface area contributed by atoms with Gasteiger partial charge in [-0.3, -0.25) is 4.79 Å². The highest BCUT2D eigenvalue weighted by Crippen LogP contribution is 2.34. The average Bonchev–Trinajstić information content (AvgIpc) is 3.02. The van der Waals surface area contributed by atoms with Gasteiger partial charge in [-0.15, -0.1) is 0 Å². The zero-order valence-electron chi connectivity index (χ0n) is 14.6. The second kappa shape index (κ2) is 7.22. The van der Waals surface area contributed by atoms with Crippen molar-refractivity contribution in [1.82, 2.24) is 14.7 Å². The molecule has 0 saturated carbocycles. The van der Waals surface area contributed by atoms with Crippen LogP contribution in [-0.2, 0) is 6.18 Å². The maximum atomic E-state index is 13.2. The first-order chi connectivity index (χ1) is 12.7. The van der Waals surface area contributed by atoms with Crippen molar-refractivity contribution in [1.29, 1.82) is 0 Å². The quantitative estimate of drug-likeness (QED) is 0.854. The Balaban J connectivity index is 1.91. The molecule has 2 atom stereocenters. The zero-order valence-corrected chi connectivity index (χ0v) is 14.6. The van der Waals surface area contributed by atoms with E-state index in [1.807, 2.05) is 0 Å². The van der Waals surface area contributed by atoms with E-state index >= 15 is 0 Å². The number of benzene rings is 1. The Labute approximate surface area is 153 Å². The fourth-order valence-corrected chi connectivity index (χ4v) is 3.29. The molecule has 146 valence electrons. The number of carbonyl (C=O) groups excluding carboxylic acids is 1. The number of alkyl halides is 3. The first kappa shape index (κ1) is 19.2. The van der Waals surface area contributed by atoms with Gasteiger partial charge in [0.25, 0.3) is 5.91 Å². The molecule has 1 aromatic carbocycles. The van der Waals surface area contributed by atoms with E-state index in [1.54, 1.807) is 6.92 Å². The highest BCUT2D eigenvalue weighted by molar-refractivity contribution is 5.95. The molecule has 0 unspecified atom stereocenters. The number of rotatable bonds is 3. The smallest absolute Gasteiger partial charge is 0.418 e. The minimum absolute atomic E-state index is 0.0853. The second-order valence-corrected chi connectivity index (χ2v) is 6.72. The number of nitrogens with zero attached hydrogens (tertiary/aromatic N) is 3. The van der Waals surface area contributed by atoms with Crippen LogP contribution in [0, 0.1) is 5.92 Å². The number of aliphatic hydroxyl groups excluding tert-OH is 1. The normalized spacial score (nSPS) is 19.1. The summed E-state index contributed by atoms with van der Waals surface area (Å²) < 4.78 is 40.5. The van der Waals surface area contributed by atoms with Crippen LogP contribution in [0.1, 0.15) is 35.8 Å². The van der Waals surface area contributed by atoms with E-state index in [9.17, 15) is 28.2 Å². The molecule has 6 nitrogen and oxygen atoms in total. The van der Waals surface area contributed by atoms with E-state index < -0.39 is 29.5 Å². The molecule has 2 heterocycles. The van der Waals surface area contributed by atoms with Crippen LogP contribution in [0.25, 0.3) is 5.69 Å². The molecular formula is C18H20F3N3O3. The summed E-state index contributed by atoms with van der Waals surface area (Å²) in [6.45, 7) is 2.40. The van der Waals surface area contributed by atoms with Gasteiger partial charge >= 0.3 is 6.18 Å². The Morgan fingerprint density at radius 1 is 1.33 bits per heavy atom. The van der Waals surface area contributed by atoms with E-state index in [1.165, 1.54) is 23.1 Å². The van der Waals surface area contributed by atoms with Crippen LogP contribution in [0.15, 0.2) is 30.5 Å². The predicted octanol–water partition coefficient (Wildman–Crippen LogP) is 2.83. The van der Waals surface area contributed by atoms with Gasteiger partial charge in [-0.2, -0.15) is 18.3 Å². The average molecular weight is 383 g/mol. The van der Waals surface area contributed by atoms with Gasteiger partial charge in [-0.05, 0) is 31.9 Å². The molecule has 0 spiro atoms. The van der Waals surface area contributed by atoms with Crippen molar-refractivity contribution in [2.24, 2.45) is 5.92 Å². The van der Waals surface area contributed by atoms with Crippen molar-refractivity contribution in [3.8, 4) is 11.4 Å². The van der Waals surface area contributed by atoms with Gasteiger partial charge in [0.05, 0.1) is 23.6 Å². The first-order valence-corrected chi connectivity index (χ1v) is 8.61. The number of hydrogen-bond acceptors (Lipinski definition) is 4.